The topological polar surface area (TPSA) is 127 Å². The molecule has 0 unspecified atom stereocenters. The Morgan fingerprint density at radius 3 is 2.51 bits per heavy atom. The molecule has 2 aromatic heterocycles. The van der Waals surface area contributed by atoms with Crippen LogP contribution in [0.25, 0.3) is 22.4 Å². The number of hydrogen-bond donors (Lipinski definition) is 2. The quantitative estimate of drug-likeness (QED) is 0.506. The van der Waals surface area contributed by atoms with Gasteiger partial charge in [0.15, 0.2) is 11.5 Å². The molecule has 12 heteroatoms. The van der Waals surface area contributed by atoms with Crippen LogP contribution < -0.4 is 15.5 Å². The lowest BCUT2D eigenvalue weighted by Gasteiger charge is -2.31. The third-order valence-electron chi connectivity index (χ3n) is 6.63. The van der Waals surface area contributed by atoms with E-state index >= 15 is 0 Å². The molecule has 0 saturated carbocycles. The predicted octanol–water partition coefficient (Wildman–Crippen LogP) is 3.00. The number of likely N-dealkylation sites (tertiary alicyclic amines) is 1. The van der Waals surface area contributed by atoms with Crippen LogP contribution in [0.1, 0.15) is 18.9 Å². The Morgan fingerprint density at radius 1 is 1.11 bits per heavy atom. The zero-order valence-electron chi connectivity index (χ0n) is 20.7. The number of urea groups is 1. The number of nitrogens with one attached hydrogen (secondary N) is 2. The SMILES string of the molecule is C=COC(=O)N1CCC(n2ncc3c(N4CCOCC4)nc(-c4ccc(NC(=O)NC)cc4)nc32)CC1. The number of carbonyl (C=O) groups excluding carboxylic acids is 2. The Hall–Kier alpha value is -4.19. The van der Waals surface area contributed by atoms with Crippen LogP contribution in [0, 0.1) is 0 Å². The highest BCUT2D eigenvalue weighted by atomic mass is 16.5. The molecule has 2 saturated heterocycles. The molecule has 3 aromatic rings. The van der Waals surface area contributed by atoms with Crippen LogP contribution in [-0.2, 0) is 9.47 Å². The van der Waals surface area contributed by atoms with Gasteiger partial charge in [-0.05, 0) is 37.1 Å². The van der Waals surface area contributed by atoms with E-state index < -0.39 is 0 Å². The second-order valence-electron chi connectivity index (χ2n) is 8.85. The van der Waals surface area contributed by atoms with E-state index in [1.807, 2.05) is 35.1 Å². The highest BCUT2D eigenvalue weighted by Crippen LogP contribution is 2.32. The van der Waals surface area contributed by atoms with E-state index in [4.69, 9.17) is 24.5 Å². The Kier molecular flexibility index (Phi) is 7.17. The van der Waals surface area contributed by atoms with Gasteiger partial charge in [0.1, 0.15) is 5.82 Å². The van der Waals surface area contributed by atoms with Crippen molar-refractivity contribution in [1.82, 2.24) is 30.0 Å². The number of carbonyl (C=O) groups is 2. The van der Waals surface area contributed by atoms with Crippen LogP contribution >= 0.6 is 0 Å². The number of nitrogens with zero attached hydrogens (tertiary/aromatic N) is 6. The summed E-state index contributed by atoms with van der Waals surface area (Å²) in [4.78, 5) is 37.5. The van der Waals surface area contributed by atoms with Gasteiger partial charge in [-0.2, -0.15) is 5.10 Å². The summed E-state index contributed by atoms with van der Waals surface area (Å²) < 4.78 is 12.4. The molecule has 194 valence electrons. The summed E-state index contributed by atoms with van der Waals surface area (Å²) in [5, 5.41) is 10.9. The number of amides is 3. The number of hydrogen-bond acceptors (Lipinski definition) is 8. The Morgan fingerprint density at radius 2 is 1.84 bits per heavy atom. The van der Waals surface area contributed by atoms with Gasteiger partial charge in [-0.15, -0.1) is 0 Å². The van der Waals surface area contributed by atoms with Crippen molar-refractivity contribution in [3.8, 4) is 11.4 Å². The number of anilines is 2. The van der Waals surface area contributed by atoms with Crippen LogP contribution in [-0.4, -0.2) is 83.2 Å². The molecule has 0 aliphatic carbocycles. The third-order valence-corrected chi connectivity index (χ3v) is 6.63. The van der Waals surface area contributed by atoms with E-state index in [-0.39, 0.29) is 18.2 Å². The van der Waals surface area contributed by atoms with Gasteiger partial charge in [-0.1, -0.05) is 6.58 Å². The average Bonchev–Trinajstić information content (AvgIpc) is 3.37. The third kappa shape index (κ3) is 5.19. The van der Waals surface area contributed by atoms with E-state index in [2.05, 4.69) is 22.1 Å². The number of benzene rings is 1. The lowest BCUT2D eigenvalue weighted by Crippen LogP contribution is -2.39. The molecule has 2 aliphatic heterocycles. The lowest BCUT2D eigenvalue weighted by atomic mass is 10.1. The van der Waals surface area contributed by atoms with Crippen LogP contribution in [0.15, 0.2) is 43.3 Å². The molecule has 0 bridgehead atoms. The number of aromatic nitrogens is 4. The molecule has 4 heterocycles. The van der Waals surface area contributed by atoms with Crippen molar-refractivity contribution in [2.45, 2.75) is 18.9 Å². The van der Waals surface area contributed by atoms with Crippen molar-refractivity contribution in [3.63, 3.8) is 0 Å². The summed E-state index contributed by atoms with van der Waals surface area (Å²) in [6, 6.07) is 7.22. The zero-order chi connectivity index (χ0) is 25.8. The fourth-order valence-electron chi connectivity index (χ4n) is 4.66. The number of piperidine rings is 1. The maximum absolute atomic E-state index is 12.1. The zero-order valence-corrected chi connectivity index (χ0v) is 20.7. The first-order chi connectivity index (χ1) is 18.1. The van der Waals surface area contributed by atoms with E-state index in [9.17, 15) is 9.59 Å². The van der Waals surface area contributed by atoms with Gasteiger partial charge in [0.25, 0.3) is 0 Å². The van der Waals surface area contributed by atoms with Crippen molar-refractivity contribution in [2.24, 2.45) is 0 Å². The molecule has 1 aromatic carbocycles. The normalized spacial score (nSPS) is 16.5. The highest BCUT2D eigenvalue weighted by molar-refractivity contribution is 5.90. The van der Waals surface area contributed by atoms with Gasteiger partial charge in [0.2, 0.25) is 0 Å². The molecular formula is C25H30N8O4. The molecule has 12 nitrogen and oxygen atoms in total. The summed E-state index contributed by atoms with van der Waals surface area (Å²) in [6.07, 6.45) is 4.07. The van der Waals surface area contributed by atoms with Crippen molar-refractivity contribution in [1.29, 1.82) is 0 Å². The fourth-order valence-corrected chi connectivity index (χ4v) is 4.66. The molecule has 0 atom stereocenters. The van der Waals surface area contributed by atoms with Crippen LogP contribution in [0.4, 0.5) is 21.1 Å². The van der Waals surface area contributed by atoms with Gasteiger partial charge in [-0.25, -0.2) is 24.2 Å². The van der Waals surface area contributed by atoms with Crippen LogP contribution in [0.3, 0.4) is 0 Å². The van der Waals surface area contributed by atoms with Crippen molar-refractivity contribution in [2.75, 3.05) is 56.7 Å². The minimum atomic E-state index is -0.382. The summed E-state index contributed by atoms with van der Waals surface area (Å²) in [5.41, 5.74) is 2.25. The molecular weight excluding hydrogens is 476 g/mol. The smallest absolute Gasteiger partial charge is 0.414 e. The molecule has 2 N–H and O–H groups in total. The molecule has 0 spiro atoms. The summed E-state index contributed by atoms with van der Waals surface area (Å²) in [7, 11) is 1.57. The lowest BCUT2D eigenvalue weighted by molar-refractivity contribution is 0.118. The Balaban J connectivity index is 1.48. The number of morpholine rings is 1. The summed E-state index contributed by atoms with van der Waals surface area (Å²) in [5.74, 6) is 1.41. The Bertz CT molecular complexity index is 1280. The van der Waals surface area contributed by atoms with Gasteiger partial charge in [-0.3, -0.25) is 0 Å². The molecule has 0 radical (unpaired) electrons. The predicted molar refractivity (Wildman–Crippen MR) is 138 cm³/mol. The molecule has 2 aliphatic rings. The average molecular weight is 507 g/mol. The van der Waals surface area contributed by atoms with Crippen LogP contribution in [0.5, 0.6) is 0 Å². The maximum atomic E-state index is 12.1. The van der Waals surface area contributed by atoms with E-state index in [1.165, 1.54) is 0 Å². The number of rotatable bonds is 5. The molecule has 5 rings (SSSR count). The monoisotopic (exact) mass is 506 g/mol. The first-order valence-corrected chi connectivity index (χ1v) is 12.3. The fraction of sp³-hybridized carbons (Fsp3) is 0.400. The van der Waals surface area contributed by atoms with Crippen molar-refractivity contribution in [3.05, 3.63) is 43.3 Å². The summed E-state index contributed by atoms with van der Waals surface area (Å²) >= 11 is 0. The largest absolute Gasteiger partial charge is 0.419 e. The second kappa shape index (κ2) is 10.8. The molecule has 37 heavy (non-hydrogen) atoms. The molecule has 2 fully saturated rings. The van der Waals surface area contributed by atoms with E-state index in [0.29, 0.717) is 37.8 Å². The van der Waals surface area contributed by atoms with Gasteiger partial charge in [0.05, 0.1) is 37.1 Å². The molecule has 3 amide bonds. The van der Waals surface area contributed by atoms with Crippen molar-refractivity contribution >= 4 is 34.7 Å². The minimum Gasteiger partial charge on any atom is -0.419 e. The minimum absolute atomic E-state index is 0.0877. The summed E-state index contributed by atoms with van der Waals surface area (Å²) in [6.45, 7) is 7.31. The van der Waals surface area contributed by atoms with Gasteiger partial charge < -0.3 is 29.9 Å². The second-order valence-corrected chi connectivity index (χ2v) is 8.85. The number of ether oxygens (including phenoxy) is 2. The van der Waals surface area contributed by atoms with E-state index in [1.54, 1.807) is 11.9 Å². The van der Waals surface area contributed by atoms with E-state index in [0.717, 1.165) is 54.6 Å². The van der Waals surface area contributed by atoms with Crippen molar-refractivity contribution < 1.29 is 19.1 Å². The van der Waals surface area contributed by atoms with Gasteiger partial charge >= 0.3 is 12.1 Å². The first kappa shape index (κ1) is 24.5. The Labute approximate surface area is 214 Å². The maximum Gasteiger partial charge on any atom is 0.414 e. The van der Waals surface area contributed by atoms with Gasteiger partial charge in [0, 0.05) is 44.5 Å². The first-order valence-electron chi connectivity index (χ1n) is 12.3. The standard InChI is InChI=1S/C25H30N8O4/c1-3-37-25(35)32-10-8-19(9-11-32)33-23-20(16-27-33)22(31-12-14-36-15-13-31)29-21(30-23)17-4-6-18(7-5-17)28-24(34)26-2/h3-7,16,19H,1,8-15H2,2H3,(H2,26,28,34). The number of fused-ring (bicyclic) bond motifs is 1. The van der Waals surface area contributed by atoms with Crippen LogP contribution in [0.2, 0.25) is 0 Å². The highest BCUT2D eigenvalue weighted by Gasteiger charge is 2.28.